The van der Waals surface area contributed by atoms with Crippen molar-refractivity contribution in [1.82, 2.24) is 9.47 Å². The maximum atomic E-state index is 13.4. The molecular weight excluding hydrogens is 476 g/mol. The van der Waals surface area contributed by atoms with Crippen LogP contribution in [0.5, 0.6) is 0 Å². The van der Waals surface area contributed by atoms with Crippen molar-refractivity contribution in [2.45, 2.75) is 52.5 Å². The fourth-order valence-electron chi connectivity index (χ4n) is 4.73. The number of rotatable bonds is 7. The normalized spacial score (nSPS) is 17.3. The first-order valence-electron chi connectivity index (χ1n) is 12.2. The van der Waals surface area contributed by atoms with Crippen LogP contribution in [0, 0.1) is 18.3 Å². The number of amides is 1. The van der Waals surface area contributed by atoms with Crippen LogP contribution in [0.3, 0.4) is 0 Å². The molecule has 1 aromatic carbocycles. The third-order valence-electron chi connectivity index (χ3n) is 6.57. The number of hydrogen-bond acceptors (Lipinski definition) is 6. The van der Waals surface area contributed by atoms with Crippen LogP contribution in [0.15, 0.2) is 40.0 Å². The van der Waals surface area contributed by atoms with E-state index in [9.17, 15) is 14.9 Å². The molecular formula is C27H30N4O2S2. The Hall–Kier alpha value is -2.89. The summed E-state index contributed by atoms with van der Waals surface area (Å²) in [6.07, 6.45) is 6.63. The van der Waals surface area contributed by atoms with Gasteiger partial charge >= 0.3 is 0 Å². The van der Waals surface area contributed by atoms with Crippen LogP contribution in [0.1, 0.15) is 54.9 Å². The zero-order chi connectivity index (χ0) is 24.9. The van der Waals surface area contributed by atoms with Crippen molar-refractivity contribution in [3.8, 4) is 6.07 Å². The van der Waals surface area contributed by atoms with Crippen molar-refractivity contribution in [2.75, 3.05) is 24.5 Å². The second-order valence-electron chi connectivity index (χ2n) is 8.92. The van der Waals surface area contributed by atoms with Crippen molar-refractivity contribution in [2.24, 2.45) is 0 Å². The fraction of sp³-hybridized carbons (Fsp3) is 0.407. The minimum Gasteiger partial charge on any atom is -0.357 e. The van der Waals surface area contributed by atoms with Gasteiger partial charge in [-0.15, -0.1) is 0 Å². The van der Waals surface area contributed by atoms with E-state index in [0.717, 1.165) is 55.7 Å². The third-order valence-corrected chi connectivity index (χ3v) is 7.94. The molecule has 0 N–H and O–H groups in total. The number of nitrogens with zero attached hydrogens (tertiary/aromatic N) is 4. The lowest BCUT2D eigenvalue weighted by atomic mass is 10.0. The Labute approximate surface area is 216 Å². The summed E-state index contributed by atoms with van der Waals surface area (Å²) >= 11 is 6.86. The van der Waals surface area contributed by atoms with E-state index < -0.39 is 0 Å². The zero-order valence-corrected chi connectivity index (χ0v) is 21.9. The van der Waals surface area contributed by atoms with E-state index >= 15 is 0 Å². The smallest absolute Gasteiger partial charge is 0.270 e. The molecule has 0 atom stereocenters. The first-order valence-corrected chi connectivity index (χ1v) is 13.4. The summed E-state index contributed by atoms with van der Waals surface area (Å²) in [4.78, 5) is 31.1. The maximum absolute atomic E-state index is 13.4. The summed E-state index contributed by atoms with van der Waals surface area (Å²) in [5.74, 6) is 0.703. The van der Waals surface area contributed by atoms with Gasteiger partial charge in [-0.2, -0.15) is 5.26 Å². The number of piperidine rings is 1. The van der Waals surface area contributed by atoms with Gasteiger partial charge in [-0.25, -0.2) is 0 Å². The molecule has 0 unspecified atom stereocenters. The number of anilines is 1. The van der Waals surface area contributed by atoms with Crippen molar-refractivity contribution in [1.29, 1.82) is 5.26 Å². The first kappa shape index (κ1) is 25.2. The number of hydrogen-bond donors (Lipinski definition) is 0. The fourth-order valence-corrected chi connectivity index (χ4v) is 6.02. The molecule has 2 aliphatic heterocycles. The number of pyridine rings is 1. The molecule has 0 saturated carbocycles. The molecule has 182 valence electrons. The highest BCUT2D eigenvalue weighted by atomic mass is 32.2. The highest BCUT2D eigenvalue weighted by Gasteiger charge is 2.33. The van der Waals surface area contributed by atoms with Gasteiger partial charge in [0, 0.05) is 31.7 Å². The number of carbonyl (C=O) groups excluding carboxylic acids is 1. The average Bonchev–Trinajstić information content (AvgIpc) is 3.14. The molecule has 1 amide bonds. The second-order valence-corrected chi connectivity index (χ2v) is 10.6. The average molecular weight is 507 g/mol. The minimum absolute atomic E-state index is 0.119. The molecule has 2 fully saturated rings. The number of nitriles is 1. The van der Waals surface area contributed by atoms with E-state index in [2.05, 4.69) is 11.0 Å². The van der Waals surface area contributed by atoms with E-state index in [-0.39, 0.29) is 17.0 Å². The molecule has 6 nitrogen and oxygen atoms in total. The number of thiocarbonyl (C=S) groups is 1. The Bertz CT molecular complexity index is 1250. The Morgan fingerprint density at radius 3 is 2.49 bits per heavy atom. The molecule has 0 radical (unpaired) electrons. The summed E-state index contributed by atoms with van der Waals surface area (Å²) in [6.45, 7) is 6.59. The molecule has 2 aliphatic rings. The molecule has 0 aliphatic carbocycles. The Morgan fingerprint density at radius 1 is 1.11 bits per heavy atom. The maximum Gasteiger partial charge on any atom is 0.270 e. The summed E-state index contributed by atoms with van der Waals surface area (Å²) in [6, 6.07) is 12.2. The van der Waals surface area contributed by atoms with Crippen molar-refractivity contribution in [3.05, 3.63) is 67.8 Å². The topological polar surface area (TPSA) is 69.3 Å². The van der Waals surface area contributed by atoms with Crippen molar-refractivity contribution >= 4 is 46.1 Å². The number of aromatic nitrogens is 1. The number of thioether (sulfide) groups is 1. The molecule has 2 aromatic rings. The molecule has 4 rings (SSSR count). The van der Waals surface area contributed by atoms with Crippen LogP contribution in [-0.2, 0) is 17.8 Å². The molecule has 1 aromatic heterocycles. The highest BCUT2D eigenvalue weighted by molar-refractivity contribution is 8.26. The second kappa shape index (κ2) is 11.2. The molecule has 8 heteroatoms. The van der Waals surface area contributed by atoms with Crippen LogP contribution < -0.4 is 10.5 Å². The van der Waals surface area contributed by atoms with Crippen molar-refractivity contribution < 1.29 is 4.79 Å². The minimum atomic E-state index is -0.250. The summed E-state index contributed by atoms with van der Waals surface area (Å²) in [7, 11) is 0. The van der Waals surface area contributed by atoms with E-state index in [1.165, 1.54) is 18.2 Å². The molecule has 0 spiro atoms. The van der Waals surface area contributed by atoms with E-state index in [4.69, 9.17) is 12.2 Å². The predicted octanol–water partition coefficient (Wildman–Crippen LogP) is 4.87. The van der Waals surface area contributed by atoms with Crippen LogP contribution in [0.4, 0.5) is 5.82 Å². The predicted molar refractivity (Wildman–Crippen MR) is 147 cm³/mol. The Kier molecular flexibility index (Phi) is 8.09. The van der Waals surface area contributed by atoms with Gasteiger partial charge in [0.15, 0.2) is 0 Å². The molecule has 35 heavy (non-hydrogen) atoms. The molecule has 3 heterocycles. The largest absolute Gasteiger partial charge is 0.357 e. The lowest BCUT2D eigenvalue weighted by Gasteiger charge is -2.33. The summed E-state index contributed by atoms with van der Waals surface area (Å²) in [5, 5.41) is 9.79. The number of benzene rings is 1. The first-order chi connectivity index (χ1) is 17.0. The van der Waals surface area contributed by atoms with Gasteiger partial charge in [0.05, 0.1) is 4.91 Å². The monoisotopic (exact) mass is 506 g/mol. The quantitative estimate of drug-likeness (QED) is 0.394. The highest BCUT2D eigenvalue weighted by Crippen LogP contribution is 2.36. The van der Waals surface area contributed by atoms with E-state index in [0.29, 0.717) is 27.9 Å². The van der Waals surface area contributed by atoms with E-state index in [1.807, 2.05) is 50.3 Å². The lowest BCUT2D eigenvalue weighted by Crippen LogP contribution is -2.37. The third kappa shape index (κ3) is 5.21. The van der Waals surface area contributed by atoms with Crippen LogP contribution in [0.2, 0.25) is 0 Å². The Balaban J connectivity index is 1.75. The SMILES string of the molecule is CCCn1c(N2CCCCC2)c(C=C2SC(=S)N(CCc3ccccc3)C2=O)c(C)c(C#N)c1=O. The zero-order valence-electron chi connectivity index (χ0n) is 20.2. The van der Waals surface area contributed by atoms with Gasteiger partial charge in [-0.05, 0) is 56.2 Å². The summed E-state index contributed by atoms with van der Waals surface area (Å²) < 4.78 is 2.27. The van der Waals surface area contributed by atoms with Gasteiger partial charge < -0.3 is 4.90 Å². The standard InChI is InChI=1S/C27H30N4O2S2/c1-3-13-30-24(29-14-8-5-9-15-29)21(19(2)22(18-28)25(30)32)17-23-26(33)31(27(34)35-23)16-12-20-10-6-4-7-11-20/h4,6-7,10-11,17H,3,5,8-9,12-16H2,1-2H3. The van der Waals surface area contributed by atoms with Gasteiger partial charge in [0.2, 0.25) is 0 Å². The van der Waals surface area contributed by atoms with Crippen LogP contribution >= 0.6 is 24.0 Å². The van der Waals surface area contributed by atoms with Gasteiger partial charge in [-0.3, -0.25) is 19.1 Å². The molecule has 2 saturated heterocycles. The van der Waals surface area contributed by atoms with Crippen LogP contribution in [-0.4, -0.2) is 39.3 Å². The van der Waals surface area contributed by atoms with Gasteiger partial charge in [0.1, 0.15) is 21.8 Å². The number of carbonyl (C=O) groups is 1. The molecule has 0 bridgehead atoms. The lowest BCUT2D eigenvalue weighted by molar-refractivity contribution is -0.122. The van der Waals surface area contributed by atoms with Gasteiger partial charge in [-0.1, -0.05) is 61.2 Å². The Morgan fingerprint density at radius 2 is 1.83 bits per heavy atom. The van der Waals surface area contributed by atoms with Crippen molar-refractivity contribution in [3.63, 3.8) is 0 Å². The van der Waals surface area contributed by atoms with E-state index in [1.54, 1.807) is 9.47 Å². The van der Waals surface area contributed by atoms with Gasteiger partial charge in [0.25, 0.3) is 11.5 Å². The van der Waals surface area contributed by atoms with Crippen LogP contribution in [0.25, 0.3) is 6.08 Å². The summed E-state index contributed by atoms with van der Waals surface area (Å²) in [5.41, 5.74) is 2.45.